The van der Waals surface area contributed by atoms with E-state index in [0.29, 0.717) is 41.3 Å². The van der Waals surface area contributed by atoms with Crippen LogP contribution in [0.3, 0.4) is 0 Å². The van der Waals surface area contributed by atoms with Gasteiger partial charge < -0.3 is 0 Å². The summed E-state index contributed by atoms with van der Waals surface area (Å²) >= 11 is 0. The lowest BCUT2D eigenvalue weighted by atomic mass is 9.96. The van der Waals surface area contributed by atoms with Gasteiger partial charge in [-0.2, -0.15) is 0 Å². The van der Waals surface area contributed by atoms with E-state index in [1.54, 1.807) is 6.92 Å². The van der Waals surface area contributed by atoms with Gasteiger partial charge in [0.25, 0.3) is 5.56 Å². The highest BCUT2D eigenvalue weighted by molar-refractivity contribution is 5.80. The third-order valence-electron chi connectivity index (χ3n) is 6.95. The first kappa shape index (κ1) is 26.9. The van der Waals surface area contributed by atoms with Crippen molar-refractivity contribution in [3.05, 3.63) is 127 Å². The van der Waals surface area contributed by atoms with Crippen molar-refractivity contribution in [1.29, 1.82) is 0 Å². The summed E-state index contributed by atoms with van der Waals surface area (Å²) in [5.41, 5.74) is 4.11. The van der Waals surface area contributed by atoms with Gasteiger partial charge in [0, 0.05) is 23.1 Å². The lowest BCUT2D eigenvalue weighted by Crippen LogP contribution is -2.30. The van der Waals surface area contributed by atoms with Crippen molar-refractivity contribution in [1.82, 2.24) is 19.7 Å². The molecule has 0 aliphatic rings. The smallest absolute Gasteiger partial charge is 0.296 e. The number of nitrogens with one attached hydrogen (secondary N) is 1. The van der Waals surface area contributed by atoms with Gasteiger partial charge in [0.1, 0.15) is 17.5 Å². The SMILES string of the molecule is CCCCc1nc(C)n(Cc2c(F)cccc2F)c(=O)c1Cc1ccc(-c2ccccc2-c2noc(=O)[nH]2)cc1. The molecule has 5 rings (SSSR count). The molecule has 0 unspecified atom stereocenters. The lowest BCUT2D eigenvalue weighted by molar-refractivity contribution is 0.388. The molecule has 0 atom stereocenters. The van der Waals surface area contributed by atoms with Crippen molar-refractivity contribution in [2.45, 2.75) is 46.1 Å². The van der Waals surface area contributed by atoms with E-state index in [2.05, 4.69) is 21.6 Å². The maximum atomic E-state index is 14.4. The van der Waals surface area contributed by atoms with Crippen molar-refractivity contribution in [2.75, 3.05) is 0 Å². The van der Waals surface area contributed by atoms with Crippen LogP contribution < -0.4 is 11.3 Å². The number of hydrogen-bond donors (Lipinski definition) is 1. The van der Waals surface area contributed by atoms with Crippen molar-refractivity contribution in [2.24, 2.45) is 0 Å². The minimum Gasteiger partial charge on any atom is -0.296 e. The fourth-order valence-corrected chi connectivity index (χ4v) is 4.81. The van der Waals surface area contributed by atoms with Crippen LogP contribution in [0.15, 0.2) is 80.8 Å². The van der Waals surface area contributed by atoms with Crippen LogP contribution in [0.4, 0.5) is 8.78 Å². The second-order valence-electron chi connectivity index (χ2n) is 9.64. The molecule has 0 amide bonds. The normalized spacial score (nSPS) is 11.2. The molecule has 0 aliphatic carbocycles. The van der Waals surface area contributed by atoms with E-state index >= 15 is 0 Å². The van der Waals surface area contributed by atoms with Gasteiger partial charge in [-0.05, 0) is 48.6 Å². The number of hydrogen-bond acceptors (Lipinski definition) is 5. The fraction of sp³-hybridized carbons (Fsp3) is 0.226. The van der Waals surface area contributed by atoms with Gasteiger partial charge in [0.05, 0.1) is 12.2 Å². The number of halogens is 2. The van der Waals surface area contributed by atoms with Gasteiger partial charge in [0.15, 0.2) is 5.82 Å². The molecule has 0 fully saturated rings. The molecular weight excluding hydrogens is 514 g/mol. The molecule has 9 heteroatoms. The second kappa shape index (κ2) is 11.6. The summed E-state index contributed by atoms with van der Waals surface area (Å²) in [7, 11) is 0. The molecule has 3 aromatic carbocycles. The summed E-state index contributed by atoms with van der Waals surface area (Å²) in [6, 6.07) is 18.9. The topological polar surface area (TPSA) is 93.8 Å². The zero-order valence-electron chi connectivity index (χ0n) is 22.2. The predicted octanol–water partition coefficient (Wildman–Crippen LogP) is 5.82. The molecule has 2 heterocycles. The summed E-state index contributed by atoms with van der Waals surface area (Å²) in [5, 5.41) is 3.81. The molecule has 0 aliphatic heterocycles. The highest BCUT2D eigenvalue weighted by atomic mass is 19.1. The summed E-state index contributed by atoms with van der Waals surface area (Å²) in [5.74, 6) is -1.28. The fourth-order valence-electron chi connectivity index (χ4n) is 4.81. The Kier molecular flexibility index (Phi) is 7.82. The highest BCUT2D eigenvalue weighted by Crippen LogP contribution is 2.30. The van der Waals surface area contributed by atoms with Crippen LogP contribution in [-0.2, 0) is 19.4 Å². The summed E-state index contributed by atoms with van der Waals surface area (Å²) in [4.78, 5) is 32.5. The van der Waals surface area contributed by atoms with Crippen molar-refractivity contribution >= 4 is 0 Å². The molecule has 7 nitrogen and oxygen atoms in total. The molecule has 0 radical (unpaired) electrons. The van der Waals surface area contributed by atoms with Crippen LogP contribution in [0.2, 0.25) is 0 Å². The Labute approximate surface area is 229 Å². The number of aromatic nitrogens is 4. The standard InChI is InChI=1S/C31H28F2N4O3/c1-3-4-12-28-24(30(38)37(19(2)34-28)18-25-26(32)10-7-11-27(25)33)17-20-13-15-21(16-14-20)22-8-5-6-9-23(22)29-35-31(39)40-36-29/h5-11,13-16H,3-4,12,17-18H2,1-2H3,(H,35,36,39). The Morgan fingerprint density at radius 1 is 0.900 bits per heavy atom. The molecule has 2 aromatic heterocycles. The zero-order valence-corrected chi connectivity index (χ0v) is 22.2. The second-order valence-corrected chi connectivity index (χ2v) is 9.64. The first-order chi connectivity index (χ1) is 19.4. The average molecular weight is 543 g/mol. The third kappa shape index (κ3) is 5.54. The number of aromatic amines is 1. The Balaban J connectivity index is 1.50. The Bertz CT molecular complexity index is 1750. The van der Waals surface area contributed by atoms with Crippen LogP contribution in [-0.4, -0.2) is 19.7 Å². The number of nitrogens with zero attached hydrogens (tertiary/aromatic N) is 3. The molecule has 0 spiro atoms. The summed E-state index contributed by atoms with van der Waals surface area (Å²) in [6.45, 7) is 3.52. The van der Waals surface area contributed by atoms with E-state index in [4.69, 9.17) is 4.98 Å². The van der Waals surface area contributed by atoms with E-state index in [1.807, 2.05) is 48.5 Å². The molecule has 40 heavy (non-hydrogen) atoms. The van der Waals surface area contributed by atoms with Crippen LogP contribution in [0.5, 0.6) is 0 Å². The van der Waals surface area contributed by atoms with Crippen molar-refractivity contribution in [3.63, 3.8) is 0 Å². The highest BCUT2D eigenvalue weighted by Gasteiger charge is 2.18. The molecule has 5 aromatic rings. The summed E-state index contributed by atoms with van der Waals surface area (Å²) < 4.78 is 34.8. The van der Waals surface area contributed by atoms with Gasteiger partial charge in [0.2, 0.25) is 0 Å². The minimum absolute atomic E-state index is 0.168. The maximum absolute atomic E-state index is 14.4. The quantitative estimate of drug-likeness (QED) is 0.253. The van der Waals surface area contributed by atoms with Gasteiger partial charge in [-0.1, -0.05) is 73.1 Å². The average Bonchev–Trinajstić information content (AvgIpc) is 3.39. The van der Waals surface area contributed by atoms with Gasteiger partial charge in [-0.25, -0.2) is 18.6 Å². The molecule has 1 N–H and O–H groups in total. The van der Waals surface area contributed by atoms with Crippen LogP contribution >= 0.6 is 0 Å². The summed E-state index contributed by atoms with van der Waals surface area (Å²) in [6.07, 6.45) is 2.76. The van der Waals surface area contributed by atoms with E-state index in [0.717, 1.165) is 29.5 Å². The molecule has 0 saturated carbocycles. The van der Waals surface area contributed by atoms with Crippen LogP contribution in [0.25, 0.3) is 22.5 Å². The monoisotopic (exact) mass is 542 g/mol. The van der Waals surface area contributed by atoms with Crippen molar-refractivity contribution < 1.29 is 13.3 Å². The third-order valence-corrected chi connectivity index (χ3v) is 6.95. The minimum atomic E-state index is -0.700. The number of benzene rings is 3. The molecule has 0 bridgehead atoms. The Morgan fingerprint density at radius 3 is 2.25 bits per heavy atom. The van der Waals surface area contributed by atoms with E-state index in [1.165, 1.54) is 22.8 Å². The van der Waals surface area contributed by atoms with Gasteiger partial charge >= 0.3 is 5.76 Å². The number of H-pyrrole nitrogens is 1. The predicted molar refractivity (Wildman–Crippen MR) is 148 cm³/mol. The molecule has 204 valence electrons. The molecular formula is C31H28F2N4O3. The first-order valence-electron chi connectivity index (χ1n) is 13.1. The van der Waals surface area contributed by atoms with Gasteiger partial charge in [-0.3, -0.25) is 18.9 Å². The molecule has 0 saturated heterocycles. The van der Waals surface area contributed by atoms with E-state index < -0.39 is 17.4 Å². The lowest BCUT2D eigenvalue weighted by Gasteiger charge is -2.16. The Morgan fingerprint density at radius 2 is 1.60 bits per heavy atom. The first-order valence-corrected chi connectivity index (χ1v) is 13.1. The number of unbranched alkanes of at least 4 members (excludes halogenated alkanes) is 1. The van der Waals surface area contributed by atoms with Gasteiger partial charge in [-0.15, -0.1) is 0 Å². The van der Waals surface area contributed by atoms with Crippen LogP contribution in [0.1, 0.15) is 48.0 Å². The largest absolute Gasteiger partial charge is 0.439 e. The number of rotatable bonds is 9. The number of aryl methyl sites for hydroxylation is 2. The van der Waals surface area contributed by atoms with E-state index in [9.17, 15) is 18.4 Å². The van der Waals surface area contributed by atoms with Crippen LogP contribution in [0, 0.1) is 18.6 Å². The maximum Gasteiger partial charge on any atom is 0.439 e. The van der Waals surface area contributed by atoms with E-state index in [-0.39, 0.29) is 17.7 Å². The Hall–Kier alpha value is -4.66. The zero-order chi connectivity index (χ0) is 28.2. The van der Waals surface area contributed by atoms with Crippen molar-refractivity contribution in [3.8, 4) is 22.5 Å².